The molecule has 1 aliphatic rings. The Hall–Kier alpha value is -4.77. The van der Waals surface area contributed by atoms with Crippen molar-refractivity contribution in [3.63, 3.8) is 0 Å². The fourth-order valence-corrected chi connectivity index (χ4v) is 4.68. The zero-order valence-corrected chi connectivity index (χ0v) is 22.1. The fraction of sp³-hybridized carbons (Fsp3) is 0.121. The molecule has 0 radical (unpaired) electrons. The number of nitrogens with zero attached hydrogens (tertiary/aromatic N) is 2. The van der Waals surface area contributed by atoms with Gasteiger partial charge in [0, 0.05) is 23.0 Å². The van der Waals surface area contributed by atoms with Crippen LogP contribution in [-0.4, -0.2) is 29.2 Å². The van der Waals surface area contributed by atoms with Crippen molar-refractivity contribution < 1.29 is 14.3 Å². The summed E-state index contributed by atoms with van der Waals surface area (Å²) in [7, 11) is 1.51. The van der Waals surface area contributed by atoms with Gasteiger partial charge >= 0.3 is 0 Å². The topological polar surface area (TPSA) is 59.5 Å². The molecule has 5 heteroatoms. The second-order valence-corrected chi connectivity index (χ2v) is 8.90. The molecule has 0 saturated heterocycles. The summed E-state index contributed by atoms with van der Waals surface area (Å²) in [6, 6.07) is 15.9. The van der Waals surface area contributed by atoms with Gasteiger partial charge in [0.25, 0.3) is 5.91 Å². The summed E-state index contributed by atoms with van der Waals surface area (Å²) in [6.45, 7) is 13.8. The number of pyridine rings is 1. The van der Waals surface area contributed by atoms with Gasteiger partial charge < -0.3 is 4.74 Å². The number of carbonyl (C=O) groups is 2. The highest BCUT2D eigenvalue weighted by atomic mass is 16.5. The van der Waals surface area contributed by atoms with E-state index in [9.17, 15) is 9.59 Å². The van der Waals surface area contributed by atoms with Gasteiger partial charge in [-0.15, -0.1) is 0 Å². The smallest absolute Gasteiger partial charge is 0.261 e. The molecule has 0 aliphatic carbocycles. The Labute approximate surface area is 223 Å². The average molecular weight is 503 g/mol. The predicted octanol–water partition coefficient (Wildman–Crippen LogP) is 7.24. The van der Waals surface area contributed by atoms with E-state index in [1.165, 1.54) is 12.0 Å². The van der Waals surface area contributed by atoms with E-state index >= 15 is 0 Å². The fourth-order valence-electron chi connectivity index (χ4n) is 4.68. The first-order valence-electron chi connectivity index (χ1n) is 12.3. The lowest BCUT2D eigenvalue weighted by Crippen LogP contribution is -2.26. The van der Waals surface area contributed by atoms with Crippen LogP contribution in [0.25, 0.3) is 28.0 Å². The van der Waals surface area contributed by atoms with Crippen LogP contribution in [0.5, 0.6) is 5.88 Å². The van der Waals surface area contributed by atoms with Crippen LogP contribution in [0.3, 0.4) is 0 Å². The van der Waals surface area contributed by atoms with Gasteiger partial charge in [-0.25, -0.2) is 4.98 Å². The molecular weight excluding hydrogens is 472 g/mol. The summed E-state index contributed by atoms with van der Waals surface area (Å²) < 4.78 is 5.32. The maximum Gasteiger partial charge on any atom is 0.261 e. The van der Waals surface area contributed by atoms with Gasteiger partial charge in [0.1, 0.15) is 0 Å². The molecule has 0 bridgehead atoms. The first kappa shape index (κ1) is 26.3. The van der Waals surface area contributed by atoms with Crippen LogP contribution in [0.4, 0.5) is 0 Å². The lowest BCUT2D eigenvalue weighted by Gasteiger charge is -2.24. The molecule has 2 heterocycles. The average Bonchev–Trinajstić information content (AvgIpc) is 2.93. The second kappa shape index (κ2) is 11.1. The van der Waals surface area contributed by atoms with Crippen LogP contribution in [-0.2, 0) is 4.79 Å². The standard InChI is InChI=1S/C33H30N2O3/c1-7-24(8-2)33(37)35-18-17-25(19-21(35)3)27-11-9-12-28(22(27)4)29-13-10-14-30(23(29)5)31-16-15-26(20-36)32(34-31)38-6/h7-20H,1,3H2,2,4-6H3/b24-8-. The van der Waals surface area contributed by atoms with Crippen LogP contribution >= 0.6 is 0 Å². The minimum atomic E-state index is -0.164. The summed E-state index contributed by atoms with van der Waals surface area (Å²) in [6.07, 6.45) is 9.65. The molecule has 5 nitrogen and oxygen atoms in total. The lowest BCUT2D eigenvalue weighted by atomic mass is 9.88. The van der Waals surface area contributed by atoms with Crippen LogP contribution < -0.4 is 4.74 Å². The number of aromatic nitrogens is 1. The molecule has 0 spiro atoms. The third kappa shape index (κ3) is 4.78. The third-order valence-electron chi connectivity index (χ3n) is 6.79. The van der Waals surface area contributed by atoms with Crippen molar-refractivity contribution in [3.8, 4) is 28.3 Å². The number of carbonyl (C=O) groups excluding carboxylic acids is 2. The highest BCUT2D eigenvalue weighted by Crippen LogP contribution is 2.37. The summed E-state index contributed by atoms with van der Waals surface area (Å²) in [4.78, 5) is 30.2. The molecule has 4 rings (SSSR count). The van der Waals surface area contributed by atoms with E-state index in [1.54, 1.807) is 24.4 Å². The Balaban J connectivity index is 1.73. The van der Waals surface area contributed by atoms with E-state index in [0.717, 1.165) is 50.9 Å². The quantitative estimate of drug-likeness (QED) is 0.194. The first-order valence-corrected chi connectivity index (χ1v) is 12.3. The SMILES string of the molecule is C=C/C(=C/C)C(=O)N1C=CC(c2cccc(-c3cccc(-c4ccc(C=O)c(OC)n4)c3C)c2C)=CC1=C. The Kier molecular flexibility index (Phi) is 7.68. The lowest BCUT2D eigenvalue weighted by molar-refractivity contribution is -0.122. The Morgan fingerprint density at radius 2 is 1.61 bits per heavy atom. The van der Waals surface area contributed by atoms with E-state index in [0.29, 0.717) is 22.7 Å². The summed E-state index contributed by atoms with van der Waals surface area (Å²) in [5.74, 6) is 0.141. The number of benzene rings is 2. The molecule has 3 aromatic rings. The van der Waals surface area contributed by atoms with Crippen molar-refractivity contribution in [1.29, 1.82) is 0 Å². The molecule has 0 saturated carbocycles. The van der Waals surface area contributed by atoms with Crippen molar-refractivity contribution >= 4 is 17.8 Å². The van der Waals surface area contributed by atoms with Gasteiger partial charge in [-0.1, -0.05) is 61.7 Å². The summed E-state index contributed by atoms with van der Waals surface area (Å²) in [5.41, 5.74) is 9.62. The van der Waals surface area contributed by atoms with Crippen LogP contribution in [0, 0.1) is 13.8 Å². The second-order valence-electron chi connectivity index (χ2n) is 8.90. The van der Waals surface area contributed by atoms with E-state index in [2.05, 4.69) is 50.2 Å². The van der Waals surface area contributed by atoms with Gasteiger partial charge in [-0.3, -0.25) is 14.5 Å². The first-order chi connectivity index (χ1) is 18.3. The van der Waals surface area contributed by atoms with Crippen molar-refractivity contribution in [1.82, 2.24) is 9.88 Å². The highest BCUT2D eigenvalue weighted by Gasteiger charge is 2.20. The molecule has 1 aliphatic heterocycles. The molecular formula is C33H30N2O3. The predicted molar refractivity (Wildman–Crippen MR) is 154 cm³/mol. The van der Waals surface area contributed by atoms with Crippen LogP contribution in [0.1, 0.15) is 34.0 Å². The van der Waals surface area contributed by atoms with E-state index in [4.69, 9.17) is 4.74 Å². The van der Waals surface area contributed by atoms with Crippen LogP contribution in [0.2, 0.25) is 0 Å². The number of ether oxygens (including phenoxy) is 1. The van der Waals surface area contributed by atoms with E-state index in [-0.39, 0.29) is 5.91 Å². The molecule has 0 N–H and O–H groups in total. The minimum absolute atomic E-state index is 0.164. The van der Waals surface area contributed by atoms with E-state index in [1.807, 2.05) is 43.3 Å². The highest BCUT2D eigenvalue weighted by molar-refractivity contribution is 5.99. The molecule has 1 amide bonds. The van der Waals surface area contributed by atoms with Gasteiger partial charge in [-0.2, -0.15) is 0 Å². The molecule has 0 fully saturated rings. The number of allylic oxidation sites excluding steroid dienone is 4. The van der Waals surface area contributed by atoms with Crippen molar-refractivity contribution in [3.05, 3.63) is 126 Å². The normalized spacial score (nSPS) is 13.3. The van der Waals surface area contributed by atoms with Gasteiger partial charge in [-0.05, 0) is 78.4 Å². The van der Waals surface area contributed by atoms with Crippen molar-refractivity contribution in [2.75, 3.05) is 7.11 Å². The number of aldehydes is 1. The Bertz CT molecular complexity index is 1560. The Morgan fingerprint density at radius 3 is 2.18 bits per heavy atom. The maximum atomic E-state index is 12.8. The molecule has 1 aromatic heterocycles. The molecule has 0 unspecified atom stereocenters. The van der Waals surface area contributed by atoms with Gasteiger partial charge in [0.15, 0.2) is 6.29 Å². The maximum absolute atomic E-state index is 12.8. The minimum Gasteiger partial charge on any atom is -0.480 e. The zero-order chi connectivity index (χ0) is 27.4. The number of hydrogen-bond acceptors (Lipinski definition) is 4. The largest absolute Gasteiger partial charge is 0.480 e. The zero-order valence-electron chi connectivity index (χ0n) is 22.1. The number of hydrogen-bond donors (Lipinski definition) is 0. The molecule has 38 heavy (non-hydrogen) atoms. The summed E-state index contributed by atoms with van der Waals surface area (Å²) >= 11 is 0. The van der Waals surface area contributed by atoms with E-state index < -0.39 is 0 Å². The molecule has 2 aromatic carbocycles. The van der Waals surface area contributed by atoms with Crippen LogP contribution in [0.15, 0.2) is 103 Å². The monoisotopic (exact) mass is 502 g/mol. The van der Waals surface area contributed by atoms with Gasteiger partial charge in [0.05, 0.1) is 18.4 Å². The van der Waals surface area contributed by atoms with Crippen molar-refractivity contribution in [2.24, 2.45) is 0 Å². The molecule has 190 valence electrons. The van der Waals surface area contributed by atoms with Crippen molar-refractivity contribution in [2.45, 2.75) is 20.8 Å². The molecule has 0 atom stereocenters. The third-order valence-corrected chi connectivity index (χ3v) is 6.79. The van der Waals surface area contributed by atoms with Gasteiger partial charge in [0.2, 0.25) is 5.88 Å². The Morgan fingerprint density at radius 1 is 0.974 bits per heavy atom. The summed E-state index contributed by atoms with van der Waals surface area (Å²) in [5, 5.41) is 0. The number of rotatable bonds is 7. The number of amides is 1. The number of methoxy groups -OCH3 is 1.